The molecule has 0 saturated heterocycles. The second-order valence-corrected chi connectivity index (χ2v) is 5.03. The summed E-state index contributed by atoms with van der Waals surface area (Å²) in [7, 11) is 0. The zero-order valence-electron chi connectivity index (χ0n) is 9.48. The molecular formula is C15H10BrNO. The lowest BCUT2D eigenvalue weighted by atomic mass is 10.1. The zero-order chi connectivity index (χ0) is 12.5. The van der Waals surface area contributed by atoms with Gasteiger partial charge in [0, 0.05) is 15.6 Å². The van der Waals surface area contributed by atoms with Gasteiger partial charge < -0.3 is 4.98 Å². The molecule has 0 unspecified atom stereocenters. The summed E-state index contributed by atoms with van der Waals surface area (Å²) in [6.45, 7) is 0. The van der Waals surface area contributed by atoms with E-state index in [0.29, 0.717) is 5.56 Å². The molecule has 0 atom stereocenters. The van der Waals surface area contributed by atoms with Gasteiger partial charge in [0.15, 0.2) is 0 Å². The Balaban J connectivity index is 2.29. The van der Waals surface area contributed by atoms with Crippen molar-refractivity contribution in [2.75, 3.05) is 0 Å². The molecule has 3 rings (SSSR count). The second-order valence-electron chi connectivity index (χ2n) is 4.11. The van der Waals surface area contributed by atoms with Crippen molar-refractivity contribution >= 4 is 26.8 Å². The van der Waals surface area contributed by atoms with E-state index in [0.717, 1.165) is 20.9 Å². The van der Waals surface area contributed by atoms with Gasteiger partial charge in [0.2, 0.25) is 0 Å². The first-order chi connectivity index (χ1) is 8.74. The second kappa shape index (κ2) is 4.42. The van der Waals surface area contributed by atoms with Gasteiger partial charge in [-0.25, -0.2) is 0 Å². The third-order valence-electron chi connectivity index (χ3n) is 2.89. The summed E-state index contributed by atoms with van der Waals surface area (Å²) in [5.74, 6) is 0. The summed E-state index contributed by atoms with van der Waals surface area (Å²) in [6, 6.07) is 17.4. The molecule has 1 N–H and O–H groups in total. The monoisotopic (exact) mass is 299 g/mol. The summed E-state index contributed by atoms with van der Waals surface area (Å²) in [4.78, 5) is 15.0. The van der Waals surface area contributed by atoms with Crippen molar-refractivity contribution in [3.8, 4) is 11.1 Å². The van der Waals surface area contributed by atoms with Gasteiger partial charge >= 0.3 is 0 Å². The van der Waals surface area contributed by atoms with Crippen LogP contribution in [-0.2, 0) is 0 Å². The highest BCUT2D eigenvalue weighted by Gasteiger charge is 2.05. The van der Waals surface area contributed by atoms with Crippen molar-refractivity contribution in [1.29, 1.82) is 0 Å². The molecule has 2 aromatic carbocycles. The summed E-state index contributed by atoms with van der Waals surface area (Å²) in [5, 5.41) is 1.03. The minimum Gasteiger partial charge on any atom is -0.321 e. The summed E-state index contributed by atoms with van der Waals surface area (Å²) in [5.41, 5.74) is 2.40. The number of benzene rings is 2. The average Bonchev–Trinajstić information content (AvgIpc) is 2.38. The maximum absolute atomic E-state index is 12.1. The Hall–Kier alpha value is -1.87. The van der Waals surface area contributed by atoms with Gasteiger partial charge in [-0.15, -0.1) is 0 Å². The van der Waals surface area contributed by atoms with Gasteiger partial charge in [-0.2, -0.15) is 0 Å². The standard InChI is InChI=1S/C15H10BrNO/c16-12-6-3-5-10(8-12)13-9-11-4-1-2-7-14(11)17-15(13)18/h1-9H,(H,17,18). The third kappa shape index (κ3) is 1.97. The van der Waals surface area contributed by atoms with E-state index in [1.54, 1.807) is 0 Å². The summed E-state index contributed by atoms with van der Waals surface area (Å²) in [6.07, 6.45) is 0. The predicted molar refractivity (Wildman–Crippen MR) is 77.7 cm³/mol. The van der Waals surface area contributed by atoms with E-state index in [1.807, 2.05) is 54.6 Å². The van der Waals surface area contributed by atoms with E-state index in [1.165, 1.54) is 0 Å². The Labute approximate surface area is 112 Å². The van der Waals surface area contributed by atoms with Crippen LogP contribution < -0.4 is 5.56 Å². The molecule has 0 radical (unpaired) electrons. The highest BCUT2D eigenvalue weighted by molar-refractivity contribution is 9.10. The number of aromatic amines is 1. The molecule has 0 bridgehead atoms. The van der Waals surface area contributed by atoms with Crippen LogP contribution in [0.2, 0.25) is 0 Å². The van der Waals surface area contributed by atoms with Crippen molar-refractivity contribution in [3.63, 3.8) is 0 Å². The van der Waals surface area contributed by atoms with E-state index in [-0.39, 0.29) is 5.56 Å². The maximum Gasteiger partial charge on any atom is 0.256 e. The minimum absolute atomic E-state index is 0.0631. The number of H-pyrrole nitrogens is 1. The van der Waals surface area contributed by atoms with Gasteiger partial charge in [0.05, 0.1) is 0 Å². The largest absolute Gasteiger partial charge is 0.321 e. The Morgan fingerprint density at radius 3 is 2.61 bits per heavy atom. The third-order valence-corrected chi connectivity index (χ3v) is 3.38. The first-order valence-corrected chi connectivity index (χ1v) is 6.41. The molecule has 0 spiro atoms. The number of para-hydroxylation sites is 1. The SMILES string of the molecule is O=c1[nH]c2ccccc2cc1-c1cccc(Br)c1. The molecule has 0 saturated carbocycles. The summed E-state index contributed by atoms with van der Waals surface area (Å²) < 4.78 is 0.965. The number of nitrogens with one attached hydrogen (secondary N) is 1. The van der Waals surface area contributed by atoms with Gasteiger partial charge in [0.1, 0.15) is 0 Å². The molecule has 0 amide bonds. The average molecular weight is 300 g/mol. The molecular weight excluding hydrogens is 290 g/mol. The topological polar surface area (TPSA) is 32.9 Å². The Morgan fingerprint density at radius 2 is 1.78 bits per heavy atom. The maximum atomic E-state index is 12.1. The van der Waals surface area contributed by atoms with Crippen LogP contribution in [0.4, 0.5) is 0 Å². The molecule has 0 aliphatic heterocycles. The van der Waals surface area contributed by atoms with Crippen molar-refractivity contribution in [1.82, 2.24) is 4.98 Å². The Morgan fingerprint density at radius 1 is 0.944 bits per heavy atom. The number of hydrogen-bond acceptors (Lipinski definition) is 1. The van der Waals surface area contributed by atoms with E-state index >= 15 is 0 Å². The van der Waals surface area contributed by atoms with Crippen molar-refractivity contribution in [2.24, 2.45) is 0 Å². The Bertz CT molecular complexity index is 777. The van der Waals surface area contributed by atoms with Crippen LogP contribution >= 0.6 is 15.9 Å². The van der Waals surface area contributed by atoms with Crippen LogP contribution in [0.5, 0.6) is 0 Å². The summed E-state index contributed by atoms with van der Waals surface area (Å²) >= 11 is 3.42. The van der Waals surface area contributed by atoms with Crippen LogP contribution in [0.1, 0.15) is 0 Å². The number of pyridine rings is 1. The van der Waals surface area contributed by atoms with E-state index in [9.17, 15) is 4.79 Å². The molecule has 3 heteroatoms. The number of aromatic nitrogens is 1. The molecule has 18 heavy (non-hydrogen) atoms. The van der Waals surface area contributed by atoms with E-state index in [2.05, 4.69) is 20.9 Å². The van der Waals surface area contributed by atoms with Crippen molar-refractivity contribution in [3.05, 3.63) is 69.4 Å². The van der Waals surface area contributed by atoms with Crippen LogP contribution in [0.15, 0.2) is 63.9 Å². The highest BCUT2D eigenvalue weighted by Crippen LogP contribution is 2.22. The number of rotatable bonds is 1. The molecule has 2 nitrogen and oxygen atoms in total. The zero-order valence-corrected chi connectivity index (χ0v) is 11.1. The van der Waals surface area contributed by atoms with E-state index < -0.39 is 0 Å². The number of fused-ring (bicyclic) bond motifs is 1. The fraction of sp³-hybridized carbons (Fsp3) is 0. The molecule has 1 aromatic heterocycles. The lowest BCUT2D eigenvalue weighted by Gasteiger charge is -2.04. The van der Waals surface area contributed by atoms with Gasteiger partial charge in [-0.05, 0) is 35.2 Å². The molecule has 1 heterocycles. The van der Waals surface area contributed by atoms with E-state index in [4.69, 9.17) is 0 Å². The normalized spacial score (nSPS) is 10.7. The molecule has 0 aliphatic rings. The van der Waals surface area contributed by atoms with Crippen LogP contribution in [0.3, 0.4) is 0 Å². The smallest absolute Gasteiger partial charge is 0.256 e. The Kier molecular flexibility index (Phi) is 2.76. The minimum atomic E-state index is -0.0631. The van der Waals surface area contributed by atoms with Crippen molar-refractivity contribution in [2.45, 2.75) is 0 Å². The molecule has 0 aliphatic carbocycles. The highest BCUT2D eigenvalue weighted by atomic mass is 79.9. The van der Waals surface area contributed by atoms with Gasteiger partial charge in [-0.3, -0.25) is 4.79 Å². The fourth-order valence-corrected chi connectivity index (χ4v) is 2.42. The van der Waals surface area contributed by atoms with Gasteiger partial charge in [-0.1, -0.05) is 46.3 Å². The van der Waals surface area contributed by atoms with Crippen molar-refractivity contribution < 1.29 is 0 Å². The fourth-order valence-electron chi connectivity index (χ4n) is 2.02. The quantitative estimate of drug-likeness (QED) is 0.725. The van der Waals surface area contributed by atoms with Crippen LogP contribution in [-0.4, -0.2) is 4.98 Å². The number of halogens is 1. The predicted octanol–water partition coefficient (Wildman–Crippen LogP) is 3.96. The first kappa shape index (κ1) is 11.2. The van der Waals surface area contributed by atoms with Gasteiger partial charge in [0.25, 0.3) is 5.56 Å². The van der Waals surface area contributed by atoms with Crippen LogP contribution in [0, 0.1) is 0 Å². The lowest BCUT2D eigenvalue weighted by molar-refractivity contribution is 1.31. The first-order valence-electron chi connectivity index (χ1n) is 5.62. The molecule has 3 aromatic rings. The molecule has 0 fully saturated rings. The van der Waals surface area contributed by atoms with Crippen LogP contribution in [0.25, 0.3) is 22.0 Å². The molecule has 88 valence electrons. The lowest BCUT2D eigenvalue weighted by Crippen LogP contribution is -2.08. The number of hydrogen-bond donors (Lipinski definition) is 1.